The van der Waals surface area contributed by atoms with Crippen molar-refractivity contribution in [2.24, 2.45) is 5.41 Å². The van der Waals surface area contributed by atoms with Crippen molar-refractivity contribution in [3.05, 3.63) is 21.3 Å². The highest BCUT2D eigenvalue weighted by atomic mass is 127. The fourth-order valence-electron chi connectivity index (χ4n) is 1.45. The van der Waals surface area contributed by atoms with Gasteiger partial charge >= 0.3 is 0 Å². The van der Waals surface area contributed by atoms with Crippen molar-refractivity contribution in [1.82, 2.24) is 0 Å². The van der Waals surface area contributed by atoms with E-state index >= 15 is 0 Å². The van der Waals surface area contributed by atoms with Gasteiger partial charge in [-0.1, -0.05) is 31.6 Å². The van der Waals surface area contributed by atoms with Crippen LogP contribution in [0.4, 0.5) is 0 Å². The van der Waals surface area contributed by atoms with E-state index < -0.39 is 0 Å². The molecule has 0 radical (unpaired) electrons. The van der Waals surface area contributed by atoms with Gasteiger partial charge in [0.15, 0.2) is 0 Å². The molecule has 11 heavy (non-hydrogen) atoms. The maximum atomic E-state index is 4.11. The van der Waals surface area contributed by atoms with Gasteiger partial charge in [0, 0.05) is 5.41 Å². The summed E-state index contributed by atoms with van der Waals surface area (Å²) in [7, 11) is 0. The predicted octanol–water partition coefficient (Wildman–Crippen LogP) is 4.07. The van der Waals surface area contributed by atoms with Crippen molar-refractivity contribution >= 4 is 22.6 Å². The van der Waals surface area contributed by atoms with E-state index in [1.807, 2.05) is 0 Å². The first-order chi connectivity index (χ1) is 4.96. The topological polar surface area (TPSA) is 0 Å². The molecule has 0 saturated heterocycles. The molecular weight excluding hydrogens is 247 g/mol. The maximum Gasteiger partial charge on any atom is 0.0160 e. The van der Waals surface area contributed by atoms with Gasteiger partial charge in [-0.15, -0.1) is 0 Å². The smallest absolute Gasteiger partial charge is 0.0160 e. The lowest BCUT2D eigenvalue weighted by atomic mass is 9.76. The Balaban J connectivity index is 3.08. The monoisotopic (exact) mass is 262 g/mol. The van der Waals surface area contributed by atoms with E-state index in [0.717, 1.165) is 0 Å². The molecule has 0 aromatic rings. The Morgan fingerprint density at radius 3 is 2.36 bits per heavy atom. The van der Waals surface area contributed by atoms with Crippen LogP contribution in [0.15, 0.2) is 21.3 Å². The number of hydrogen-bond donors (Lipinski definition) is 0. The number of hydrogen-bond acceptors (Lipinski definition) is 0. The number of rotatable bonds is 0. The lowest BCUT2D eigenvalue weighted by molar-refractivity contribution is 0.519. The SMILES string of the molecule is C=C1CCC(C)=C(I)C1(C)C. The largest absolute Gasteiger partial charge is 0.0990 e. The zero-order valence-electron chi connectivity index (χ0n) is 7.50. The second-order valence-electron chi connectivity index (χ2n) is 3.82. The zero-order chi connectivity index (χ0) is 8.65. The highest BCUT2D eigenvalue weighted by Gasteiger charge is 2.29. The Hall–Kier alpha value is 0.210. The lowest BCUT2D eigenvalue weighted by Crippen LogP contribution is -2.19. The summed E-state index contributed by atoms with van der Waals surface area (Å²) in [6.07, 6.45) is 2.38. The quantitative estimate of drug-likeness (QED) is 0.456. The molecule has 0 N–H and O–H groups in total. The Kier molecular flexibility index (Phi) is 2.47. The zero-order valence-corrected chi connectivity index (χ0v) is 9.66. The Morgan fingerprint density at radius 1 is 1.36 bits per heavy atom. The minimum absolute atomic E-state index is 0.239. The third-order valence-electron chi connectivity index (χ3n) is 2.61. The van der Waals surface area contributed by atoms with Crippen LogP contribution in [0.2, 0.25) is 0 Å². The minimum atomic E-state index is 0.239. The van der Waals surface area contributed by atoms with E-state index in [-0.39, 0.29) is 5.41 Å². The van der Waals surface area contributed by atoms with Crippen LogP contribution in [0.5, 0.6) is 0 Å². The summed E-state index contributed by atoms with van der Waals surface area (Å²) in [6.45, 7) is 10.9. The van der Waals surface area contributed by atoms with Crippen molar-refractivity contribution in [2.45, 2.75) is 33.6 Å². The second kappa shape index (κ2) is 2.92. The first-order valence-electron chi connectivity index (χ1n) is 4.00. The van der Waals surface area contributed by atoms with Gasteiger partial charge in [-0.25, -0.2) is 0 Å². The van der Waals surface area contributed by atoms with E-state index in [1.54, 1.807) is 5.57 Å². The van der Waals surface area contributed by atoms with Crippen LogP contribution in [-0.2, 0) is 0 Å². The molecule has 0 aromatic heterocycles. The molecule has 1 aliphatic carbocycles. The van der Waals surface area contributed by atoms with E-state index in [0.29, 0.717) is 0 Å². The molecule has 0 heterocycles. The summed E-state index contributed by atoms with van der Waals surface area (Å²) in [4.78, 5) is 0. The first kappa shape index (κ1) is 9.30. The standard InChI is InChI=1S/C10H15I/c1-7-5-6-8(2)10(3,4)9(7)11/h2,5-6H2,1,3-4H3. The van der Waals surface area contributed by atoms with Crippen LogP contribution >= 0.6 is 22.6 Å². The summed E-state index contributed by atoms with van der Waals surface area (Å²) in [5.74, 6) is 0. The van der Waals surface area contributed by atoms with Crippen molar-refractivity contribution in [2.75, 3.05) is 0 Å². The van der Waals surface area contributed by atoms with E-state index in [2.05, 4.69) is 49.9 Å². The van der Waals surface area contributed by atoms with Gasteiger partial charge in [0.05, 0.1) is 0 Å². The van der Waals surface area contributed by atoms with Gasteiger partial charge in [-0.05, 0) is 45.9 Å². The van der Waals surface area contributed by atoms with E-state index in [9.17, 15) is 0 Å². The third-order valence-corrected chi connectivity index (χ3v) is 4.88. The highest BCUT2D eigenvalue weighted by molar-refractivity contribution is 14.1. The molecule has 0 spiro atoms. The molecule has 62 valence electrons. The molecule has 1 heteroatoms. The predicted molar refractivity (Wildman–Crippen MR) is 58.9 cm³/mol. The fraction of sp³-hybridized carbons (Fsp3) is 0.600. The fourth-order valence-corrected chi connectivity index (χ4v) is 2.10. The molecule has 0 unspecified atom stereocenters. The van der Waals surface area contributed by atoms with Gasteiger partial charge in [0.25, 0.3) is 0 Å². The molecule has 0 amide bonds. The number of halogens is 1. The van der Waals surface area contributed by atoms with Crippen LogP contribution in [0.25, 0.3) is 0 Å². The van der Waals surface area contributed by atoms with Gasteiger partial charge in [0.2, 0.25) is 0 Å². The van der Waals surface area contributed by atoms with Crippen LogP contribution in [0.1, 0.15) is 33.6 Å². The normalized spacial score (nSPS) is 24.2. The summed E-state index contributed by atoms with van der Waals surface area (Å²) in [6, 6.07) is 0. The Labute approximate surface area is 82.9 Å². The van der Waals surface area contributed by atoms with Gasteiger partial charge < -0.3 is 0 Å². The van der Waals surface area contributed by atoms with Crippen molar-refractivity contribution in [1.29, 1.82) is 0 Å². The van der Waals surface area contributed by atoms with Gasteiger partial charge in [0.1, 0.15) is 0 Å². The van der Waals surface area contributed by atoms with Crippen LogP contribution in [-0.4, -0.2) is 0 Å². The molecular formula is C10H15I. The Bertz CT molecular complexity index is 221. The molecule has 0 aromatic carbocycles. The molecule has 0 nitrogen and oxygen atoms in total. The van der Waals surface area contributed by atoms with Crippen molar-refractivity contribution < 1.29 is 0 Å². The number of allylic oxidation sites excluding steroid dienone is 3. The molecule has 0 fully saturated rings. The maximum absolute atomic E-state index is 4.11. The highest BCUT2D eigenvalue weighted by Crippen LogP contribution is 2.46. The molecule has 1 aliphatic rings. The lowest BCUT2D eigenvalue weighted by Gasteiger charge is -2.33. The molecule has 0 bridgehead atoms. The average Bonchev–Trinajstić information content (AvgIpc) is 1.95. The summed E-state index contributed by atoms with van der Waals surface area (Å²) in [5, 5.41) is 0. The minimum Gasteiger partial charge on any atom is -0.0990 e. The van der Waals surface area contributed by atoms with Gasteiger partial charge in [-0.2, -0.15) is 0 Å². The van der Waals surface area contributed by atoms with Crippen molar-refractivity contribution in [3.63, 3.8) is 0 Å². The Morgan fingerprint density at radius 2 is 1.91 bits per heavy atom. The van der Waals surface area contributed by atoms with E-state index in [4.69, 9.17) is 0 Å². The molecule has 0 aliphatic heterocycles. The molecule has 0 saturated carbocycles. The summed E-state index contributed by atoms with van der Waals surface area (Å²) in [5.41, 5.74) is 3.17. The molecule has 1 rings (SSSR count). The van der Waals surface area contributed by atoms with Crippen LogP contribution in [0.3, 0.4) is 0 Å². The second-order valence-corrected chi connectivity index (χ2v) is 4.90. The van der Waals surface area contributed by atoms with Gasteiger partial charge in [-0.3, -0.25) is 0 Å². The van der Waals surface area contributed by atoms with E-state index in [1.165, 1.54) is 22.0 Å². The first-order valence-corrected chi connectivity index (χ1v) is 5.08. The van der Waals surface area contributed by atoms with Crippen LogP contribution < -0.4 is 0 Å². The van der Waals surface area contributed by atoms with Crippen molar-refractivity contribution in [3.8, 4) is 0 Å². The molecule has 0 atom stereocenters. The van der Waals surface area contributed by atoms with Crippen LogP contribution in [0, 0.1) is 5.41 Å². The summed E-state index contributed by atoms with van der Waals surface area (Å²) < 4.78 is 1.49. The summed E-state index contributed by atoms with van der Waals surface area (Å²) >= 11 is 2.46. The third kappa shape index (κ3) is 1.53. The average molecular weight is 262 g/mol.